The van der Waals surface area contributed by atoms with Crippen LogP contribution >= 0.6 is 0 Å². The molecule has 0 amide bonds. The molecule has 0 aliphatic carbocycles. The van der Waals surface area contributed by atoms with Crippen molar-refractivity contribution in [1.82, 2.24) is 15.0 Å². The maximum Gasteiger partial charge on any atom is 0.180 e. The fourth-order valence-electron chi connectivity index (χ4n) is 2.23. The van der Waals surface area contributed by atoms with Crippen molar-refractivity contribution in [2.75, 3.05) is 26.6 Å². The van der Waals surface area contributed by atoms with Crippen LogP contribution in [0.25, 0.3) is 22.6 Å². The van der Waals surface area contributed by atoms with Crippen LogP contribution < -0.4 is 14.8 Å². The zero-order chi connectivity index (χ0) is 14.8. The van der Waals surface area contributed by atoms with Gasteiger partial charge in [0.15, 0.2) is 5.65 Å². The molecular formula is C15H16N4O2. The molecule has 6 heteroatoms. The van der Waals surface area contributed by atoms with Crippen LogP contribution in [0.5, 0.6) is 11.5 Å². The lowest BCUT2D eigenvalue weighted by Crippen LogP contribution is -1.94. The topological polar surface area (TPSA) is 72.1 Å². The predicted octanol–water partition coefficient (Wildman–Crippen LogP) is 2.68. The van der Waals surface area contributed by atoms with E-state index in [-0.39, 0.29) is 0 Å². The number of methoxy groups -OCH3 is 2. The summed E-state index contributed by atoms with van der Waals surface area (Å²) in [7, 11) is 5.07. The van der Waals surface area contributed by atoms with Crippen molar-refractivity contribution in [3.63, 3.8) is 0 Å². The number of hydrogen-bond donors (Lipinski definition) is 2. The van der Waals surface area contributed by atoms with Gasteiger partial charge >= 0.3 is 0 Å². The highest BCUT2D eigenvalue weighted by molar-refractivity contribution is 5.81. The number of aromatic nitrogens is 3. The molecule has 21 heavy (non-hydrogen) atoms. The summed E-state index contributed by atoms with van der Waals surface area (Å²) in [6.45, 7) is 0. The van der Waals surface area contributed by atoms with Gasteiger partial charge in [-0.15, -0.1) is 0 Å². The lowest BCUT2D eigenvalue weighted by Gasteiger charge is -2.10. The summed E-state index contributed by atoms with van der Waals surface area (Å²) >= 11 is 0. The third-order valence-corrected chi connectivity index (χ3v) is 3.27. The molecule has 0 aliphatic rings. The number of pyridine rings is 1. The van der Waals surface area contributed by atoms with Crippen LogP contribution in [0.3, 0.4) is 0 Å². The lowest BCUT2D eigenvalue weighted by molar-refractivity contribution is 0.397. The Kier molecular flexibility index (Phi) is 3.35. The number of H-pyrrole nitrogens is 1. The van der Waals surface area contributed by atoms with Crippen LogP contribution in [-0.4, -0.2) is 36.2 Å². The highest BCUT2D eigenvalue weighted by Gasteiger charge is 2.16. The number of benzene rings is 1. The Morgan fingerprint density at radius 3 is 2.33 bits per heavy atom. The van der Waals surface area contributed by atoms with Crippen LogP contribution in [0, 0.1) is 0 Å². The number of fused-ring (bicyclic) bond motifs is 1. The molecule has 2 heterocycles. The van der Waals surface area contributed by atoms with Gasteiger partial charge < -0.3 is 19.8 Å². The smallest absolute Gasteiger partial charge is 0.180 e. The minimum Gasteiger partial charge on any atom is -0.496 e. The molecule has 2 N–H and O–H groups in total. The van der Waals surface area contributed by atoms with Crippen LogP contribution in [0.4, 0.5) is 5.82 Å². The minimum atomic E-state index is 0.643. The summed E-state index contributed by atoms with van der Waals surface area (Å²) in [5.74, 6) is 2.83. The van der Waals surface area contributed by atoms with Crippen LogP contribution in [0.15, 0.2) is 30.3 Å². The third-order valence-electron chi connectivity index (χ3n) is 3.27. The van der Waals surface area contributed by atoms with Gasteiger partial charge in [0.25, 0.3) is 0 Å². The van der Waals surface area contributed by atoms with E-state index in [0.717, 1.165) is 16.9 Å². The molecule has 0 unspecified atom stereocenters. The van der Waals surface area contributed by atoms with Gasteiger partial charge in [-0.05, 0) is 24.3 Å². The largest absolute Gasteiger partial charge is 0.496 e. The first kappa shape index (κ1) is 13.2. The summed E-state index contributed by atoms with van der Waals surface area (Å²) in [6, 6.07) is 9.45. The fraction of sp³-hybridized carbons (Fsp3) is 0.200. The molecule has 1 aromatic carbocycles. The van der Waals surface area contributed by atoms with E-state index in [1.54, 1.807) is 14.2 Å². The Balaban J connectivity index is 2.20. The van der Waals surface area contributed by atoms with Gasteiger partial charge in [0.1, 0.15) is 28.7 Å². The zero-order valence-corrected chi connectivity index (χ0v) is 12.1. The lowest BCUT2D eigenvalue weighted by atomic mass is 10.1. The number of ether oxygens (including phenoxy) is 2. The van der Waals surface area contributed by atoms with Crippen molar-refractivity contribution >= 4 is 17.0 Å². The summed E-state index contributed by atoms with van der Waals surface area (Å²) in [4.78, 5) is 12.2. The molecule has 2 aromatic heterocycles. The van der Waals surface area contributed by atoms with Gasteiger partial charge in [-0.2, -0.15) is 0 Å². The van der Waals surface area contributed by atoms with E-state index in [4.69, 9.17) is 9.47 Å². The first-order chi connectivity index (χ1) is 10.3. The van der Waals surface area contributed by atoms with Crippen molar-refractivity contribution in [3.8, 4) is 22.9 Å². The van der Waals surface area contributed by atoms with E-state index in [1.165, 1.54) is 0 Å². The first-order valence-corrected chi connectivity index (χ1v) is 6.52. The monoisotopic (exact) mass is 284 g/mol. The van der Waals surface area contributed by atoms with E-state index in [2.05, 4.69) is 20.3 Å². The normalized spacial score (nSPS) is 10.6. The average molecular weight is 284 g/mol. The third kappa shape index (κ3) is 2.24. The second kappa shape index (κ2) is 5.32. The molecule has 0 saturated heterocycles. The number of rotatable bonds is 4. The van der Waals surface area contributed by atoms with E-state index in [1.807, 2.05) is 37.4 Å². The standard InChI is InChI=1S/C15H16N4O2/c1-16-12-8-7-9-14(18-12)19-15(17-9)13-10(20-2)5-4-6-11(13)21-3/h4-8H,1-3H3,(H2,16,17,18,19). The minimum absolute atomic E-state index is 0.643. The quantitative estimate of drug-likeness (QED) is 0.770. The number of anilines is 1. The Morgan fingerprint density at radius 1 is 1.00 bits per heavy atom. The second-order valence-corrected chi connectivity index (χ2v) is 4.44. The van der Waals surface area contributed by atoms with Crippen molar-refractivity contribution < 1.29 is 9.47 Å². The maximum absolute atomic E-state index is 5.41. The Morgan fingerprint density at radius 2 is 1.71 bits per heavy atom. The van der Waals surface area contributed by atoms with Gasteiger partial charge in [0.2, 0.25) is 0 Å². The van der Waals surface area contributed by atoms with E-state index in [9.17, 15) is 0 Å². The molecule has 6 nitrogen and oxygen atoms in total. The van der Waals surface area contributed by atoms with Gasteiger partial charge in [-0.25, -0.2) is 9.97 Å². The molecule has 0 saturated carbocycles. The van der Waals surface area contributed by atoms with Crippen molar-refractivity contribution in [3.05, 3.63) is 30.3 Å². The molecular weight excluding hydrogens is 268 g/mol. The van der Waals surface area contributed by atoms with Crippen LogP contribution in [-0.2, 0) is 0 Å². The average Bonchev–Trinajstić information content (AvgIpc) is 2.96. The van der Waals surface area contributed by atoms with E-state index >= 15 is 0 Å². The summed E-state index contributed by atoms with van der Waals surface area (Å²) in [6.07, 6.45) is 0. The molecule has 0 aliphatic heterocycles. The number of nitrogens with zero attached hydrogens (tertiary/aromatic N) is 2. The Hall–Kier alpha value is -2.76. The van der Waals surface area contributed by atoms with Gasteiger partial charge in [0.05, 0.1) is 19.7 Å². The van der Waals surface area contributed by atoms with Gasteiger partial charge in [-0.1, -0.05) is 6.07 Å². The molecule has 0 bridgehead atoms. The maximum atomic E-state index is 5.41. The molecule has 0 radical (unpaired) electrons. The molecule has 3 aromatic rings. The van der Waals surface area contributed by atoms with Crippen molar-refractivity contribution in [2.24, 2.45) is 0 Å². The highest BCUT2D eigenvalue weighted by atomic mass is 16.5. The Labute approximate surface area is 122 Å². The molecule has 3 rings (SSSR count). The predicted molar refractivity (Wildman–Crippen MR) is 82.0 cm³/mol. The van der Waals surface area contributed by atoms with Gasteiger partial charge in [0, 0.05) is 7.05 Å². The SMILES string of the molecule is CNc1ccc2[nH]c(-c3c(OC)cccc3OC)nc2n1. The van der Waals surface area contributed by atoms with Crippen LogP contribution in [0.2, 0.25) is 0 Å². The van der Waals surface area contributed by atoms with E-state index in [0.29, 0.717) is 23.0 Å². The first-order valence-electron chi connectivity index (χ1n) is 6.52. The van der Waals surface area contributed by atoms with E-state index < -0.39 is 0 Å². The van der Waals surface area contributed by atoms with Crippen molar-refractivity contribution in [1.29, 1.82) is 0 Å². The molecule has 0 fully saturated rings. The number of aromatic amines is 1. The number of nitrogens with one attached hydrogen (secondary N) is 2. The molecule has 108 valence electrons. The zero-order valence-electron chi connectivity index (χ0n) is 12.1. The summed E-state index contributed by atoms with van der Waals surface area (Å²) in [5.41, 5.74) is 2.29. The Bertz CT molecular complexity index is 760. The molecule has 0 spiro atoms. The highest BCUT2D eigenvalue weighted by Crippen LogP contribution is 2.37. The molecule has 0 atom stereocenters. The fourth-order valence-corrected chi connectivity index (χ4v) is 2.23. The number of imidazole rings is 1. The number of hydrogen-bond acceptors (Lipinski definition) is 5. The summed E-state index contributed by atoms with van der Waals surface area (Å²) in [5, 5.41) is 3.00. The summed E-state index contributed by atoms with van der Waals surface area (Å²) < 4.78 is 10.8. The van der Waals surface area contributed by atoms with Crippen LogP contribution in [0.1, 0.15) is 0 Å². The second-order valence-electron chi connectivity index (χ2n) is 4.44. The van der Waals surface area contributed by atoms with Crippen molar-refractivity contribution in [2.45, 2.75) is 0 Å². The van der Waals surface area contributed by atoms with Gasteiger partial charge in [-0.3, -0.25) is 0 Å².